The zero-order chi connectivity index (χ0) is 18.7. The Kier molecular flexibility index (Phi) is 10.7. The van der Waals surface area contributed by atoms with E-state index in [4.69, 9.17) is 5.11 Å². The lowest BCUT2D eigenvalue weighted by Gasteiger charge is -2.18. The molecule has 0 amide bonds. The highest BCUT2D eigenvalue weighted by Gasteiger charge is 2.39. The summed E-state index contributed by atoms with van der Waals surface area (Å²) in [5, 5.41) is 28.7. The summed E-state index contributed by atoms with van der Waals surface area (Å²) in [7, 11) is 0. The van der Waals surface area contributed by atoms with Crippen molar-refractivity contribution in [2.45, 2.75) is 89.8 Å². The molecular formula is C20H34O5. The molecule has 0 bridgehead atoms. The van der Waals surface area contributed by atoms with Gasteiger partial charge in [-0.3, -0.25) is 9.59 Å². The molecule has 0 aromatic rings. The second-order valence-electron chi connectivity index (χ2n) is 7.22. The van der Waals surface area contributed by atoms with Gasteiger partial charge in [0.25, 0.3) is 0 Å². The van der Waals surface area contributed by atoms with Crippen LogP contribution in [-0.4, -0.2) is 39.3 Å². The standard InChI is InChI=1S/C20H34O5/c1-2-3-6-9-15(21)12-13-17-16(18(22)14-19(17)23)10-7-4-5-8-11-20(24)25/h12-13,15-17,19,21,23H,2-11,14H2,1H3,(H,24,25)/b13-12+/t15-,16+,17-,19-/m1/s1. The van der Waals surface area contributed by atoms with Crippen LogP contribution in [0.1, 0.15) is 77.6 Å². The quantitative estimate of drug-likeness (QED) is 0.348. The number of aliphatic hydroxyl groups excluding tert-OH is 2. The number of Topliss-reactive ketones (excluding diaryl/α,β-unsaturated/α-hetero) is 1. The van der Waals surface area contributed by atoms with Crippen LogP contribution >= 0.6 is 0 Å². The van der Waals surface area contributed by atoms with Crippen LogP contribution in [0.5, 0.6) is 0 Å². The van der Waals surface area contributed by atoms with E-state index in [2.05, 4.69) is 6.92 Å². The second kappa shape index (κ2) is 12.2. The fourth-order valence-corrected chi connectivity index (χ4v) is 3.54. The minimum Gasteiger partial charge on any atom is -0.481 e. The van der Waals surface area contributed by atoms with Crippen molar-refractivity contribution in [2.24, 2.45) is 11.8 Å². The molecule has 3 N–H and O–H groups in total. The maximum absolute atomic E-state index is 12.1. The van der Waals surface area contributed by atoms with Crippen LogP contribution in [0.2, 0.25) is 0 Å². The number of aliphatic carboxylic acids is 1. The number of ketones is 1. The number of hydrogen-bond acceptors (Lipinski definition) is 4. The number of carboxylic acids is 1. The van der Waals surface area contributed by atoms with E-state index in [0.717, 1.165) is 51.4 Å². The largest absolute Gasteiger partial charge is 0.481 e. The van der Waals surface area contributed by atoms with E-state index in [9.17, 15) is 19.8 Å². The molecular weight excluding hydrogens is 320 g/mol. The molecule has 1 aliphatic rings. The minimum atomic E-state index is -0.767. The van der Waals surface area contributed by atoms with Crippen LogP contribution in [-0.2, 0) is 9.59 Å². The van der Waals surface area contributed by atoms with Crippen LogP contribution in [0.4, 0.5) is 0 Å². The molecule has 4 atom stereocenters. The van der Waals surface area contributed by atoms with E-state index in [1.54, 1.807) is 6.08 Å². The molecule has 0 heterocycles. The molecule has 1 fully saturated rings. The fourth-order valence-electron chi connectivity index (χ4n) is 3.54. The van der Waals surface area contributed by atoms with Gasteiger partial charge in [-0.05, 0) is 19.3 Å². The molecule has 0 spiro atoms. The van der Waals surface area contributed by atoms with E-state index < -0.39 is 18.2 Å². The first-order valence-electron chi connectivity index (χ1n) is 9.74. The summed E-state index contributed by atoms with van der Waals surface area (Å²) in [4.78, 5) is 22.6. The average molecular weight is 354 g/mol. The molecule has 0 aliphatic heterocycles. The van der Waals surface area contributed by atoms with Crippen molar-refractivity contribution >= 4 is 11.8 Å². The SMILES string of the molecule is CCCCC[C@@H](O)/C=C/[C@H]1[C@H](O)CC(=O)[C@H]1CCCCCCC(=O)O. The smallest absolute Gasteiger partial charge is 0.303 e. The lowest BCUT2D eigenvalue weighted by molar-refractivity contribution is -0.137. The highest BCUT2D eigenvalue weighted by Crippen LogP contribution is 2.34. The Hall–Kier alpha value is -1.20. The van der Waals surface area contributed by atoms with Crippen molar-refractivity contribution in [3.8, 4) is 0 Å². The average Bonchev–Trinajstić information content (AvgIpc) is 2.82. The zero-order valence-corrected chi connectivity index (χ0v) is 15.4. The monoisotopic (exact) mass is 354 g/mol. The molecule has 25 heavy (non-hydrogen) atoms. The van der Waals surface area contributed by atoms with Gasteiger partial charge in [-0.2, -0.15) is 0 Å². The van der Waals surface area contributed by atoms with Crippen LogP contribution in [0, 0.1) is 11.8 Å². The van der Waals surface area contributed by atoms with Gasteiger partial charge in [0.2, 0.25) is 0 Å². The van der Waals surface area contributed by atoms with Gasteiger partial charge in [0.1, 0.15) is 5.78 Å². The molecule has 1 rings (SSSR count). The number of carbonyl (C=O) groups is 2. The molecule has 0 saturated heterocycles. The van der Waals surface area contributed by atoms with Crippen molar-refractivity contribution in [2.75, 3.05) is 0 Å². The van der Waals surface area contributed by atoms with Crippen LogP contribution in [0.3, 0.4) is 0 Å². The second-order valence-corrected chi connectivity index (χ2v) is 7.22. The molecule has 5 nitrogen and oxygen atoms in total. The summed E-state index contributed by atoms with van der Waals surface area (Å²) in [6.07, 6.45) is 10.7. The van der Waals surface area contributed by atoms with Gasteiger partial charge < -0.3 is 15.3 Å². The molecule has 5 heteroatoms. The predicted molar refractivity (Wildman–Crippen MR) is 97.2 cm³/mol. The maximum Gasteiger partial charge on any atom is 0.303 e. The van der Waals surface area contributed by atoms with Gasteiger partial charge in [0, 0.05) is 24.7 Å². The Labute approximate surface area is 151 Å². The van der Waals surface area contributed by atoms with Crippen LogP contribution in [0.15, 0.2) is 12.2 Å². The van der Waals surface area contributed by atoms with Gasteiger partial charge in [-0.1, -0.05) is 57.6 Å². The summed E-state index contributed by atoms with van der Waals surface area (Å²) < 4.78 is 0. The van der Waals surface area contributed by atoms with Gasteiger partial charge in [0.05, 0.1) is 12.2 Å². The highest BCUT2D eigenvalue weighted by atomic mass is 16.4. The van der Waals surface area contributed by atoms with Crippen molar-refractivity contribution < 1.29 is 24.9 Å². The first-order chi connectivity index (χ1) is 12.0. The van der Waals surface area contributed by atoms with Crippen LogP contribution in [0.25, 0.3) is 0 Å². The highest BCUT2D eigenvalue weighted by molar-refractivity contribution is 5.84. The summed E-state index contributed by atoms with van der Waals surface area (Å²) >= 11 is 0. The number of unbranched alkanes of at least 4 members (excludes halogenated alkanes) is 5. The van der Waals surface area contributed by atoms with Crippen molar-refractivity contribution in [1.82, 2.24) is 0 Å². The molecule has 1 saturated carbocycles. The lowest BCUT2D eigenvalue weighted by Crippen LogP contribution is -2.19. The topological polar surface area (TPSA) is 94.8 Å². The van der Waals surface area contributed by atoms with E-state index in [0.29, 0.717) is 6.42 Å². The minimum absolute atomic E-state index is 0.105. The molecule has 144 valence electrons. The Morgan fingerprint density at radius 1 is 1.20 bits per heavy atom. The zero-order valence-electron chi connectivity index (χ0n) is 15.4. The van der Waals surface area contributed by atoms with E-state index in [1.165, 1.54) is 0 Å². The first kappa shape index (κ1) is 21.8. The van der Waals surface area contributed by atoms with Gasteiger partial charge in [-0.25, -0.2) is 0 Å². The fraction of sp³-hybridized carbons (Fsp3) is 0.800. The summed E-state index contributed by atoms with van der Waals surface area (Å²) in [6.45, 7) is 2.12. The first-order valence-corrected chi connectivity index (χ1v) is 9.74. The third-order valence-corrected chi connectivity index (χ3v) is 5.05. The van der Waals surface area contributed by atoms with Crippen molar-refractivity contribution in [1.29, 1.82) is 0 Å². The number of carbonyl (C=O) groups excluding carboxylic acids is 1. The maximum atomic E-state index is 12.1. The number of aliphatic hydroxyl groups is 2. The molecule has 0 aromatic heterocycles. The van der Waals surface area contributed by atoms with Crippen LogP contribution < -0.4 is 0 Å². The number of hydrogen-bond donors (Lipinski definition) is 3. The number of carboxylic acid groups (broad SMARTS) is 1. The predicted octanol–water partition coefficient (Wildman–Crippen LogP) is 3.48. The Morgan fingerprint density at radius 2 is 1.92 bits per heavy atom. The van der Waals surface area contributed by atoms with Gasteiger partial charge in [0.15, 0.2) is 0 Å². The summed E-state index contributed by atoms with van der Waals surface area (Å²) in [6, 6.07) is 0. The Morgan fingerprint density at radius 3 is 2.60 bits per heavy atom. The summed E-state index contributed by atoms with van der Waals surface area (Å²) in [5.74, 6) is -1.04. The van der Waals surface area contributed by atoms with Gasteiger partial charge >= 0.3 is 5.97 Å². The third kappa shape index (κ3) is 8.63. The lowest BCUT2D eigenvalue weighted by atomic mass is 9.88. The Bertz CT molecular complexity index is 432. The van der Waals surface area contributed by atoms with Gasteiger partial charge in [-0.15, -0.1) is 0 Å². The third-order valence-electron chi connectivity index (χ3n) is 5.05. The van der Waals surface area contributed by atoms with E-state index in [-0.39, 0.29) is 30.5 Å². The number of rotatable bonds is 13. The Balaban J connectivity index is 2.39. The van der Waals surface area contributed by atoms with E-state index >= 15 is 0 Å². The molecule has 0 unspecified atom stereocenters. The van der Waals surface area contributed by atoms with E-state index in [1.807, 2.05) is 6.08 Å². The molecule has 1 aliphatic carbocycles. The normalized spacial score (nSPS) is 24.9. The van der Waals surface area contributed by atoms with Crippen molar-refractivity contribution in [3.63, 3.8) is 0 Å². The summed E-state index contributed by atoms with van der Waals surface area (Å²) in [5.41, 5.74) is 0. The molecule has 0 aromatic carbocycles. The molecule has 0 radical (unpaired) electrons. The van der Waals surface area contributed by atoms with Crippen molar-refractivity contribution in [3.05, 3.63) is 12.2 Å².